The van der Waals surface area contributed by atoms with Gasteiger partial charge in [0.15, 0.2) is 0 Å². The Morgan fingerprint density at radius 2 is 1.78 bits per heavy atom. The third-order valence-corrected chi connectivity index (χ3v) is 8.86. The van der Waals surface area contributed by atoms with Gasteiger partial charge in [-0.15, -0.1) is 0 Å². The Balaban J connectivity index is 1.48. The first kappa shape index (κ1) is 18.8. The summed E-state index contributed by atoms with van der Waals surface area (Å²) in [5.74, 6) is 0.356. The Morgan fingerprint density at radius 3 is 2.33 bits per heavy atom. The van der Waals surface area contributed by atoms with Crippen LogP contribution in [0.15, 0.2) is 24.3 Å². The highest BCUT2D eigenvalue weighted by atomic mass is 32.2. The van der Waals surface area contributed by atoms with Crippen LogP contribution in [0, 0.1) is 16.7 Å². The van der Waals surface area contributed by atoms with Gasteiger partial charge in [0.1, 0.15) is 5.78 Å². The van der Waals surface area contributed by atoms with Crippen LogP contribution in [-0.2, 0) is 14.8 Å². The van der Waals surface area contributed by atoms with Crippen molar-refractivity contribution in [3.63, 3.8) is 0 Å². The van der Waals surface area contributed by atoms with Crippen LogP contribution in [0.25, 0.3) is 0 Å². The standard InChI is InChI=1S/C21H30N2O3S/c1-20(2)16-10-11-21(20,19(24)14-16)15-27(25,26)22-17-6-8-18(9-7-17)23-12-4-3-5-13-23/h6-9,16,22H,3-5,10-15H2,1-2H3/t16-,21+/m1/s1. The second kappa shape index (κ2) is 6.50. The molecule has 5 nitrogen and oxygen atoms in total. The number of rotatable bonds is 5. The Bertz CT molecular complexity index is 825. The molecule has 0 unspecified atom stereocenters. The summed E-state index contributed by atoms with van der Waals surface area (Å²) < 4.78 is 28.5. The third kappa shape index (κ3) is 3.16. The number of hydrogen-bond donors (Lipinski definition) is 1. The molecule has 1 aromatic rings. The van der Waals surface area contributed by atoms with Gasteiger partial charge in [-0.3, -0.25) is 9.52 Å². The number of sulfonamides is 1. The number of piperidine rings is 1. The highest BCUT2D eigenvalue weighted by Gasteiger charge is 2.65. The van der Waals surface area contributed by atoms with E-state index < -0.39 is 15.4 Å². The first-order chi connectivity index (χ1) is 12.7. The molecule has 0 spiro atoms. The Labute approximate surface area is 162 Å². The molecule has 0 amide bonds. The topological polar surface area (TPSA) is 66.5 Å². The molecule has 0 aromatic heterocycles. The van der Waals surface area contributed by atoms with E-state index in [9.17, 15) is 13.2 Å². The van der Waals surface area contributed by atoms with Crippen molar-refractivity contribution in [1.29, 1.82) is 0 Å². The van der Waals surface area contributed by atoms with E-state index in [1.54, 1.807) is 0 Å². The van der Waals surface area contributed by atoms with Gasteiger partial charge in [-0.05, 0) is 67.7 Å². The Kier molecular flexibility index (Phi) is 4.53. The van der Waals surface area contributed by atoms with Crippen LogP contribution >= 0.6 is 0 Å². The number of nitrogens with zero attached hydrogens (tertiary/aromatic N) is 1. The molecule has 1 heterocycles. The molecule has 1 aromatic carbocycles. The largest absolute Gasteiger partial charge is 0.372 e. The van der Waals surface area contributed by atoms with Gasteiger partial charge in [0.25, 0.3) is 0 Å². The van der Waals surface area contributed by atoms with Crippen molar-refractivity contribution < 1.29 is 13.2 Å². The minimum absolute atomic E-state index is 0.101. The zero-order chi connectivity index (χ0) is 19.3. The maximum absolute atomic E-state index is 12.9. The summed E-state index contributed by atoms with van der Waals surface area (Å²) in [6.45, 7) is 6.26. The average Bonchev–Trinajstić information content (AvgIpc) is 2.96. The second-order valence-electron chi connectivity index (χ2n) is 9.12. The summed E-state index contributed by atoms with van der Waals surface area (Å²) in [7, 11) is -3.59. The lowest BCUT2D eigenvalue weighted by Gasteiger charge is -2.36. The molecule has 0 radical (unpaired) electrons. The van der Waals surface area contributed by atoms with Crippen LogP contribution < -0.4 is 9.62 Å². The molecule has 2 aliphatic carbocycles. The molecule has 148 valence electrons. The molecule has 1 saturated heterocycles. The maximum Gasteiger partial charge on any atom is 0.233 e. The Hall–Kier alpha value is -1.56. The van der Waals surface area contributed by atoms with E-state index in [-0.39, 0.29) is 17.0 Å². The zero-order valence-corrected chi connectivity index (χ0v) is 17.1. The zero-order valence-electron chi connectivity index (χ0n) is 16.3. The number of Topliss-reactive ketones (excluding diaryl/α,β-unsaturated/α-hetero) is 1. The average molecular weight is 391 g/mol. The van der Waals surface area contributed by atoms with Crippen LogP contribution in [0.3, 0.4) is 0 Å². The van der Waals surface area contributed by atoms with Crippen LogP contribution in [-0.4, -0.2) is 33.0 Å². The fourth-order valence-corrected chi connectivity index (χ4v) is 7.43. The summed E-state index contributed by atoms with van der Waals surface area (Å²) in [5, 5.41) is 0. The number of benzene rings is 1. The van der Waals surface area contributed by atoms with E-state index in [4.69, 9.17) is 0 Å². The van der Waals surface area contributed by atoms with Crippen LogP contribution in [0.2, 0.25) is 0 Å². The summed E-state index contributed by atoms with van der Waals surface area (Å²) >= 11 is 0. The second-order valence-corrected chi connectivity index (χ2v) is 10.8. The minimum Gasteiger partial charge on any atom is -0.372 e. The Morgan fingerprint density at radius 1 is 1.11 bits per heavy atom. The molecule has 2 saturated carbocycles. The van der Waals surface area contributed by atoms with Crippen LogP contribution in [0.4, 0.5) is 11.4 Å². The third-order valence-electron chi connectivity index (χ3n) is 7.44. The van der Waals surface area contributed by atoms with Crippen molar-refractivity contribution in [2.75, 3.05) is 28.5 Å². The van der Waals surface area contributed by atoms with Gasteiger partial charge in [-0.1, -0.05) is 13.8 Å². The molecule has 1 aliphatic heterocycles. The van der Waals surface area contributed by atoms with E-state index in [0.29, 0.717) is 24.4 Å². The van der Waals surface area contributed by atoms with Crippen LogP contribution in [0.1, 0.15) is 52.4 Å². The molecule has 6 heteroatoms. The molecule has 2 atom stereocenters. The summed E-state index contributed by atoms with van der Waals surface area (Å²) in [4.78, 5) is 15.0. The molecule has 27 heavy (non-hydrogen) atoms. The summed E-state index contributed by atoms with van der Waals surface area (Å²) in [6, 6.07) is 7.63. The fourth-order valence-electron chi connectivity index (χ4n) is 5.54. The van der Waals surface area contributed by atoms with Gasteiger partial charge < -0.3 is 4.90 Å². The minimum atomic E-state index is -3.59. The molecular weight excluding hydrogens is 360 g/mol. The van der Waals surface area contributed by atoms with Crippen molar-refractivity contribution >= 4 is 27.2 Å². The highest BCUT2D eigenvalue weighted by Crippen LogP contribution is 2.64. The number of ketones is 1. The lowest BCUT2D eigenvalue weighted by Crippen LogP contribution is -2.43. The van der Waals surface area contributed by atoms with Crippen molar-refractivity contribution in [3.8, 4) is 0 Å². The first-order valence-corrected chi connectivity index (χ1v) is 11.8. The van der Waals surface area contributed by atoms with Gasteiger partial charge in [0.2, 0.25) is 10.0 Å². The predicted molar refractivity (Wildman–Crippen MR) is 108 cm³/mol. The van der Waals surface area contributed by atoms with Crippen LogP contribution in [0.5, 0.6) is 0 Å². The smallest absolute Gasteiger partial charge is 0.233 e. The monoisotopic (exact) mass is 390 g/mol. The van der Waals surface area contributed by atoms with Gasteiger partial charge in [0.05, 0.1) is 11.2 Å². The molecule has 4 rings (SSSR count). The van der Waals surface area contributed by atoms with Gasteiger partial charge in [-0.2, -0.15) is 0 Å². The molecule has 1 N–H and O–H groups in total. The van der Waals surface area contributed by atoms with Crippen molar-refractivity contribution in [2.45, 2.75) is 52.4 Å². The lowest BCUT2D eigenvalue weighted by molar-refractivity contribution is -0.128. The SMILES string of the molecule is CC1(C)[C@@H]2CC[C@]1(CS(=O)(=O)Nc1ccc(N3CCCCC3)cc1)C(=O)C2. The number of nitrogens with one attached hydrogen (secondary N) is 1. The van der Waals surface area contributed by atoms with Gasteiger partial charge >= 0.3 is 0 Å². The van der Waals surface area contributed by atoms with Crippen molar-refractivity contribution in [1.82, 2.24) is 0 Å². The van der Waals surface area contributed by atoms with E-state index in [2.05, 4.69) is 23.5 Å². The lowest BCUT2D eigenvalue weighted by atomic mass is 9.70. The van der Waals surface area contributed by atoms with Crippen molar-refractivity contribution in [2.24, 2.45) is 16.7 Å². The fraction of sp³-hybridized carbons (Fsp3) is 0.667. The molecule has 3 aliphatic rings. The molecule has 2 bridgehead atoms. The van der Waals surface area contributed by atoms with E-state index in [1.807, 2.05) is 24.3 Å². The van der Waals surface area contributed by atoms with Gasteiger partial charge in [0, 0.05) is 30.9 Å². The quantitative estimate of drug-likeness (QED) is 0.830. The maximum atomic E-state index is 12.9. The number of fused-ring (bicyclic) bond motifs is 2. The highest BCUT2D eigenvalue weighted by molar-refractivity contribution is 7.92. The number of hydrogen-bond acceptors (Lipinski definition) is 4. The van der Waals surface area contributed by atoms with E-state index in [0.717, 1.165) is 25.2 Å². The molecular formula is C21H30N2O3S. The number of anilines is 2. The number of carbonyl (C=O) groups excluding carboxylic acids is 1. The summed E-state index contributed by atoms with van der Waals surface area (Å²) in [5.41, 5.74) is 0.751. The normalized spacial score (nSPS) is 29.9. The number of carbonyl (C=O) groups is 1. The molecule has 3 fully saturated rings. The first-order valence-electron chi connectivity index (χ1n) is 10.1. The van der Waals surface area contributed by atoms with E-state index in [1.165, 1.54) is 19.3 Å². The van der Waals surface area contributed by atoms with E-state index >= 15 is 0 Å². The van der Waals surface area contributed by atoms with Gasteiger partial charge in [-0.25, -0.2) is 8.42 Å². The predicted octanol–water partition coefficient (Wildman–Crippen LogP) is 3.81. The van der Waals surface area contributed by atoms with Crippen molar-refractivity contribution in [3.05, 3.63) is 24.3 Å². The summed E-state index contributed by atoms with van der Waals surface area (Å²) in [6.07, 6.45) is 5.89.